The van der Waals surface area contributed by atoms with Gasteiger partial charge in [0.15, 0.2) is 0 Å². The lowest BCUT2D eigenvalue weighted by molar-refractivity contribution is -0.147. The van der Waals surface area contributed by atoms with E-state index < -0.39 is 11.9 Å². The second kappa shape index (κ2) is 17.2. The fourth-order valence-corrected chi connectivity index (χ4v) is 9.08. The number of aliphatic imine (C=N–C) groups is 3. The predicted octanol–water partition coefficient (Wildman–Crippen LogP) is 8.84. The first-order valence-corrected chi connectivity index (χ1v) is 20.9. The van der Waals surface area contributed by atoms with Gasteiger partial charge in [-0.25, -0.2) is 15.0 Å². The van der Waals surface area contributed by atoms with Crippen LogP contribution in [0.1, 0.15) is 118 Å². The second-order valence-corrected chi connectivity index (χ2v) is 16.1. The van der Waals surface area contributed by atoms with Gasteiger partial charge in [-0.05, 0) is 87.0 Å². The molecule has 3 atom stereocenters. The lowest BCUT2D eigenvalue weighted by Gasteiger charge is -2.20. The first-order valence-electron chi connectivity index (χ1n) is 20.9. The number of methoxy groups -OCH3 is 1. The third-order valence-electron chi connectivity index (χ3n) is 12.6. The van der Waals surface area contributed by atoms with Crippen LogP contribution in [-0.2, 0) is 28.6 Å². The number of esters is 3. The molecule has 0 radical (unpaired) electrons. The van der Waals surface area contributed by atoms with Gasteiger partial charge < -0.3 is 24.6 Å². The summed E-state index contributed by atoms with van der Waals surface area (Å²) in [7, 11) is 1.38. The van der Waals surface area contributed by atoms with Crippen molar-refractivity contribution in [2.75, 3.05) is 20.3 Å². The molecule has 2 N–H and O–H groups in total. The van der Waals surface area contributed by atoms with Crippen molar-refractivity contribution in [3.63, 3.8) is 0 Å². The first kappa shape index (κ1) is 40.1. The van der Waals surface area contributed by atoms with Gasteiger partial charge in [0.2, 0.25) is 0 Å². The Hall–Kier alpha value is -5.06. The number of hydrogen-bond acceptors (Lipinski definition) is 11. The molecular formula is C46H56N4O7. The summed E-state index contributed by atoms with van der Waals surface area (Å²) in [4.78, 5) is 55.3. The molecule has 10 bridgehead atoms. The van der Waals surface area contributed by atoms with Crippen LogP contribution >= 0.6 is 0 Å². The minimum absolute atomic E-state index is 0.0759. The molecular weight excluding hydrogens is 721 g/mol. The lowest BCUT2D eigenvalue weighted by atomic mass is 9.84. The van der Waals surface area contributed by atoms with E-state index in [0.717, 1.165) is 115 Å². The van der Waals surface area contributed by atoms with E-state index in [9.17, 15) is 19.5 Å². The number of fused-ring (bicyclic) bond motifs is 4. The van der Waals surface area contributed by atoms with Crippen molar-refractivity contribution in [3.8, 4) is 0 Å². The Kier molecular flexibility index (Phi) is 12.1. The van der Waals surface area contributed by atoms with E-state index in [0.29, 0.717) is 46.8 Å². The van der Waals surface area contributed by atoms with Gasteiger partial charge in [-0.2, -0.15) is 0 Å². The highest BCUT2D eigenvalue weighted by molar-refractivity contribution is 6.24. The largest absolute Gasteiger partial charge is 0.510 e. The SMILES string of the molecule is CCC1=C(C)C2=NC1=CC1=C(C)C3=C(O)C4C(=O)OCCCCCCCCCCCC(=O)OCC5=C(C)C(=NC5=C2)C=C2NC(=C4C3=N1)[C@@H](CCC(=O)OC)[C@@H]2C. The van der Waals surface area contributed by atoms with Gasteiger partial charge in [-0.15, -0.1) is 0 Å². The highest BCUT2D eigenvalue weighted by Crippen LogP contribution is 2.49. The maximum absolute atomic E-state index is 14.2. The van der Waals surface area contributed by atoms with Gasteiger partial charge >= 0.3 is 17.9 Å². The highest BCUT2D eigenvalue weighted by atomic mass is 16.5. The monoisotopic (exact) mass is 776 g/mol. The van der Waals surface area contributed by atoms with Crippen molar-refractivity contribution in [1.82, 2.24) is 5.32 Å². The third kappa shape index (κ3) is 7.94. The quantitative estimate of drug-likeness (QED) is 0.213. The molecule has 0 amide bonds. The zero-order valence-corrected chi connectivity index (χ0v) is 34.3. The molecule has 7 rings (SSSR count). The summed E-state index contributed by atoms with van der Waals surface area (Å²) >= 11 is 0. The Morgan fingerprint density at radius 1 is 0.877 bits per heavy atom. The van der Waals surface area contributed by atoms with Crippen molar-refractivity contribution >= 4 is 35.0 Å². The van der Waals surface area contributed by atoms with Crippen LogP contribution in [0.5, 0.6) is 0 Å². The minimum atomic E-state index is -1.09. The summed E-state index contributed by atoms with van der Waals surface area (Å²) in [6.45, 7) is 10.5. The van der Waals surface area contributed by atoms with Crippen LogP contribution in [-0.4, -0.2) is 60.5 Å². The summed E-state index contributed by atoms with van der Waals surface area (Å²) in [5.41, 5.74) is 11.3. The molecule has 11 heteroatoms. The molecule has 302 valence electrons. The Labute approximate surface area is 335 Å². The Morgan fingerprint density at radius 3 is 2.28 bits per heavy atom. The molecule has 0 aromatic carbocycles. The van der Waals surface area contributed by atoms with Crippen LogP contribution < -0.4 is 5.32 Å². The molecule has 1 saturated heterocycles. The van der Waals surface area contributed by atoms with E-state index in [4.69, 9.17) is 29.2 Å². The van der Waals surface area contributed by atoms with Crippen LogP contribution in [0.15, 0.2) is 106 Å². The maximum Gasteiger partial charge on any atom is 0.321 e. The van der Waals surface area contributed by atoms with Gasteiger partial charge in [0, 0.05) is 52.8 Å². The van der Waals surface area contributed by atoms with Crippen molar-refractivity contribution in [2.45, 2.75) is 118 Å². The Bertz CT molecular complexity index is 2110. The second-order valence-electron chi connectivity index (χ2n) is 16.1. The van der Waals surface area contributed by atoms with Crippen molar-refractivity contribution in [2.24, 2.45) is 32.7 Å². The average Bonchev–Trinajstić information content (AvgIpc) is 3.93. The maximum atomic E-state index is 14.2. The van der Waals surface area contributed by atoms with E-state index in [1.54, 1.807) is 0 Å². The predicted molar refractivity (Wildman–Crippen MR) is 220 cm³/mol. The number of rotatable bonds is 4. The molecule has 6 heterocycles. The number of nitrogens with one attached hydrogen (secondary N) is 1. The number of cyclic esters (lactones) is 2. The number of allylic oxidation sites excluding steroid dienone is 10. The zero-order valence-electron chi connectivity index (χ0n) is 34.3. The number of nitrogens with zero attached hydrogens (tertiary/aromatic N) is 3. The summed E-state index contributed by atoms with van der Waals surface area (Å²) in [5.74, 6) is -2.63. The minimum Gasteiger partial charge on any atom is -0.510 e. The van der Waals surface area contributed by atoms with Gasteiger partial charge in [0.05, 0.1) is 47.9 Å². The zero-order chi connectivity index (χ0) is 40.4. The van der Waals surface area contributed by atoms with Crippen LogP contribution in [0.25, 0.3) is 0 Å². The summed E-state index contributed by atoms with van der Waals surface area (Å²) in [5, 5.41) is 15.8. The fourth-order valence-electron chi connectivity index (χ4n) is 9.08. The van der Waals surface area contributed by atoms with Crippen LogP contribution in [0.4, 0.5) is 0 Å². The Morgan fingerprint density at radius 2 is 1.56 bits per heavy atom. The fraction of sp³-hybridized carbons (Fsp3) is 0.522. The van der Waals surface area contributed by atoms with Crippen LogP contribution in [0.3, 0.4) is 0 Å². The van der Waals surface area contributed by atoms with Crippen LogP contribution in [0, 0.1) is 17.8 Å². The molecule has 11 nitrogen and oxygen atoms in total. The van der Waals surface area contributed by atoms with Gasteiger partial charge in [-0.1, -0.05) is 58.8 Å². The number of aliphatic hydroxyl groups excluding tert-OH is 1. The lowest BCUT2D eigenvalue weighted by Crippen LogP contribution is -2.26. The molecule has 0 aromatic rings. The summed E-state index contributed by atoms with van der Waals surface area (Å²) in [6, 6.07) is 0. The molecule has 1 unspecified atom stereocenters. The van der Waals surface area contributed by atoms with E-state index in [2.05, 4.69) is 26.1 Å². The number of carbonyl (C=O) groups excluding carboxylic acids is 3. The summed E-state index contributed by atoms with van der Waals surface area (Å²) < 4.78 is 16.9. The molecule has 6 aliphatic heterocycles. The third-order valence-corrected chi connectivity index (χ3v) is 12.6. The standard InChI is InChI=1S/C46H56N4O7/c1-7-29-25(2)33-22-37-31-24-57-39(52)17-15-13-11-9-8-10-12-14-16-20-56-46(54)42-41(44-40(45(42)53)28(5)35(50-44)23-36(29)47-33)43-30(18-19-38(51)55-6)26(3)34(49-43)21-32(48-37)27(31)4/h21-23,26,30,42,49,53H,7-20,24H2,1-6H3/t26-,30-,42?/m0/s1. The van der Waals surface area contributed by atoms with Crippen LogP contribution in [0.2, 0.25) is 0 Å². The molecule has 7 aliphatic rings. The Balaban J connectivity index is 1.42. The number of aliphatic hydroxyl groups is 1. The van der Waals surface area contributed by atoms with E-state index in [-0.39, 0.29) is 49.2 Å². The van der Waals surface area contributed by atoms with Gasteiger partial charge in [0.25, 0.3) is 0 Å². The molecule has 1 aliphatic carbocycles. The van der Waals surface area contributed by atoms with Crippen molar-refractivity contribution < 1.29 is 33.7 Å². The number of hydrogen-bond donors (Lipinski definition) is 2. The van der Waals surface area contributed by atoms with Crippen molar-refractivity contribution in [1.29, 1.82) is 0 Å². The number of carbonyl (C=O) groups is 3. The van der Waals surface area contributed by atoms with Gasteiger partial charge in [0.1, 0.15) is 18.3 Å². The molecule has 1 fully saturated rings. The molecule has 57 heavy (non-hydrogen) atoms. The summed E-state index contributed by atoms with van der Waals surface area (Å²) in [6.07, 6.45) is 16.6. The molecule has 0 aromatic heterocycles. The van der Waals surface area contributed by atoms with Crippen molar-refractivity contribution in [3.05, 3.63) is 91.5 Å². The average molecular weight is 777 g/mol. The normalized spacial score (nSPS) is 26.2. The molecule has 0 spiro atoms. The van der Waals surface area contributed by atoms with E-state index in [1.807, 2.05) is 32.1 Å². The smallest absolute Gasteiger partial charge is 0.321 e. The molecule has 0 saturated carbocycles. The number of ether oxygens (including phenoxy) is 3. The first-order chi connectivity index (χ1) is 27.5. The highest BCUT2D eigenvalue weighted by Gasteiger charge is 2.49. The topological polar surface area (TPSA) is 148 Å². The van der Waals surface area contributed by atoms with E-state index in [1.165, 1.54) is 7.11 Å². The van der Waals surface area contributed by atoms with Gasteiger partial charge in [-0.3, -0.25) is 14.4 Å². The van der Waals surface area contributed by atoms with E-state index >= 15 is 0 Å².